The molecule has 160 valence electrons. The van der Waals surface area contributed by atoms with Crippen LogP contribution in [0.5, 0.6) is 17.5 Å². The van der Waals surface area contributed by atoms with Crippen molar-refractivity contribution in [3.63, 3.8) is 0 Å². The Hall–Kier alpha value is -4.05. The van der Waals surface area contributed by atoms with Crippen LogP contribution in [0, 0.1) is 0 Å². The Morgan fingerprint density at radius 1 is 0.781 bits per heavy atom. The first-order chi connectivity index (χ1) is 15.7. The fraction of sp³-hybridized carbons (Fsp3) is 0.107. The quantitative estimate of drug-likeness (QED) is 0.306. The van der Waals surface area contributed by atoms with E-state index >= 15 is 0 Å². The normalized spacial score (nSPS) is 10.4. The Bertz CT molecular complexity index is 1170. The maximum Gasteiger partial charge on any atom is 0.225 e. The number of rotatable bonds is 9. The van der Waals surface area contributed by atoms with Crippen LogP contribution in [-0.2, 0) is 13.2 Å². The Morgan fingerprint density at radius 3 is 2.06 bits per heavy atom. The van der Waals surface area contributed by atoms with Gasteiger partial charge in [-0.25, -0.2) is 0 Å². The molecule has 0 radical (unpaired) electrons. The fourth-order valence-corrected chi connectivity index (χ4v) is 3.30. The lowest BCUT2D eigenvalue weighted by molar-refractivity contribution is 0.268. The lowest BCUT2D eigenvalue weighted by Gasteiger charge is -2.14. The minimum atomic E-state index is 0.404. The second-order valence-electron chi connectivity index (χ2n) is 7.25. The van der Waals surface area contributed by atoms with Gasteiger partial charge in [0.2, 0.25) is 11.8 Å². The highest BCUT2D eigenvalue weighted by Gasteiger charge is 2.13. The summed E-state index contributed by atoms with van der Waals surface area (Å²) in [7, 11) is 1.65. The molecule has 4 rings (SSSR count). The summed E-state index contributed by atoms with van der Waals surface area (Å²) in [4.78, 5) is 4.68. The predicted octanol–water partition coefficient (Wildman–Crippen LogP) is 6.56. The van der Waals surface area contributed by atoms with Crippen molar-refractivity contribution in [3.8, 4) is 28.6 Å². The van der Waals surface area contributed by atoms with E-state index in [9.17, 15) is 0 Å². The average Bonchev–Trinajstić information content (AvgIpc) is 2.87. The molecule has 0 saturated carbocycles. The molecule has 4 aromatic rings. The van der Waals surface area contributed by atoms with E-state index in [0.717, 1.165) is 33.6 Å². The molecular formula is C28H25NO3. The standard InChI is InChI=1S/C28H25NO3/c1-3-21-16-24(18-25(17-21)30-2)26-14-15-27(31-19-22-10-6-4-7-11-22)29-28(26)32-20-23-12-8-5-9-13-23/h3-18H,1,19-20H2,2H3. The van der Waals surface area contributed by atoms with Gasteiger partial charge in [-0.2, -0.15) is 4.98 Å². The molecule has 0 unspecified atom stereocenters. The summed E-state index contributed by atoms with van der Waals surface area (Å²) >= 11 is 0. The molecule has 4 nitrogen and oxygen atoms in total. The summed E-state index contributed by atoms with van der Waals surface area (Å²) in [6.07, 6.45) is 1.79. The molecule has 0 spiro atoms. The van der Waals surface area contributed by atoms with Crippen molar-refractivity contribution in [1.82, 2.24) is 4.98 Å². The zero-order valence-electron chi connectivity index (χ0n) is 18.0. The first-order valence-corrected chi connectivity index (χ1v) is 10.4. The van der Waals surface area contributed by atoms with E-state index in [1.807, 2.05) is 91.0 Å². The first-order valence-electron chi connectivity index (χ1n) is 10.4. The van der Waals surface area contributed by atoms with Gasteiger partial charge in [-0.05, 0) is 46.5 Å². The third-order valence-corrected chi connectivity index (χ3v) is 4.99. The third-order valence-electron chi connectivity index (χ3n) is 4.99. The molecule has 0 amide bonds. The highest BCUT2D eigenvalue weighted by Crippen LogP contribution is 2.34. The van der Waals surface area contributed by atoms with Crippen LogP contribution in [0.4, 0.5) is 0 Å². The molecule has 4 heteroatoms. The Morgan fingerprint density at radius 2 is 1.44 bits per heavy atom. The van der Waals surface area contributed by atoms with Gasteiger partial charge in [-0.1, -0.05) is 73.3 Å². The largest absolute Gasteiger partial charge is 0.497 e. The van der Waals surface area contributed by atoms with E-state index in [1.54, 1.807) is 13.2 Å². The molecule has 0 bridgehead atoms. The lowest BCUT2D eigenvalue weighted by atomic mass is 10.0. The van der Waals surface area contributed by atoms with Gasteiger partial charge in [0.05, 0.1) is 7.11 Å². The number of hydrogen-bond acceptors (Lipinski definition) is 4. The summed E-state index contributed by atoms with van der Waals surface area (Å²) in [5, 5.41) is 0. The number of methoxy groups -OCH3 is 1. The maximum absolute atomic E-state index is 6.16. The minimum absolute atomic E-state index is 0.404. The topological polar surface area (TPSA) is 40.6 Å². The molecule has 0 aliphatic carbocycles. The summed E-state index contributed by atoms with van der Waals surface area (Å²) in [6, 6.07) is 29.8. The monoisotopic (exact) mass is 423 g/mol. The van der Waals surface area contributed by atoms with E-state index in [0.29, 0.717) is 25.0 Å². The number of aromatic nitrogens is 1. The van der Waals surface area contributed by atoms with Gasteiger partial charge in [0.25, 0.3) is 0 Å². The molecule has 32 heavy (non-hydrogen) atoms. The number of hydrogen-bond donors (Lipinski definition) is 0. The van der Waals surface area contributed by atoms with E-state index in [1.165, 1.54) is 0 Å². The van der Waals surface area contributed by atoms with Crippen molar-refractivity contribution in [2.24, 2.45) is 0 Å². The maximum atomic E-state index is 6.16. The summed E-state index contributed by atoms with van der Waals surface area (Å²) in [5.74, 6) is 1.76. The van der Waals surface area contributed by atoms with Gasteiger partial charge < -0.3 is 14.2 Å². The molecule has 3 aromatic carbocycles. The van der Waals surface area contributed by atoms with Crippen molar-refractivity contribution in [1.29, 1.82) is 0 Å². The van der Waals surface area contributed by atoms with Crippen molar-refractivity contribution in [2.45, 2.75) is 13.2 Å². The molecule has 0 saturated heterocycles. The molecule has 0 N–H and O–H groups in total. The van der Waals surface area contributed by atoms with Crippen LogP contribution in [0.15, 0.2) is 97.6 Å². The summed E-state index contributed by atoms with van der Waals surface area (Å²) in [6.45, 7) is 4.72. The first kappa shape index (κ1) is 21.2. The van der Waals surface area contributed by atoms with Gasteiger partial charge in [0.1, 0.15) is 19.0 Å². The van der Waals surface area contributed by atoms with Crippen molar-refractivity contribution in [3.05, 3.63) is 114 Å². The Kier molecular flexibility index (Phi) is 6.83. The Labute approximate surface area is 188 Å². The van der Waals surface area contributed by atoms with Crippen molar-refractivity contribution < 1.29 is 14.2 Å². The van der Waals surface area contributed by atoms with Crippen LogP contribution >= 0.6 is 0 Å². The van der Waals surface area contributed by atoms with E-state index < -0.39 is 0 Å². The minimum Gasteiger partial charge on any atom is -0.497 e. The van der Waals surface area contributed by atoms with Gasteiger partial charge >= 0.3 is 0 Å². The van der Waals surface area contributed by atoms with Crippen LogP contribution < -0.4 is 14.2 Å². The van der Waals surface area contributed by atoms with E-state index in [2.05, 4.69) is 11.6 Å². The second-order valence-corrected chi connectivity index (χ2v) is 7.25. The van der Waals surface area contributed by atoms with Gasteiger partial charge in [0.15, 0.2) is 0 Å². The smallest absolute Gasteiger partial charge is 0.225 e. The zero-order chi connectivity index (χ0) is 22.2. The Balaban J connectivity index is 1.65. The number of benzene rings is 3. The van der Waals surface area contributed by atoms with Gasteiger partial charge in [-0.3, -0.25) is 0 Å². The summed E-state index contributed by atoms with van der Waals surface area (Å²) < 4.78 is 17.6. The number of nitrogens with zero attached hydrogens (tertiary/aromatic N) is 1. The predicted molar refractivity (Wildman–Crippen MR) is 128 cm³/mol. The van der Waals surface area contributed by atoms with Crippen molar-refractivity contribution >= 4 is 6.08 Å². The summed E-state index contributed by atoms with van der Waals surface area (Å²) in [5.41, 5.74) is 4.89. The second kappa shape index (κ2) is 10.3. The van der Waals surface area contributed by atoms with Gasteiger partial charge in [-0.15, -0.1) is 0 Å². The SMILES string of the molecule is C=Cc1cc(OC)cc(-c2ccc(OCc3ccccc3)nc2OCc2ccccc2)c1. The molecule has 1 aromatic heterocycles. The fourth-order valence-electron chi connectivity index (χ4n) is 3.30. The van der Waals surface area contributed by atoms with Crippen LogP contribution in [0.1, 0.15) is 16.7 Å². The highest BCUT2D eigenvalue weighted by atomic mass is 16.5. The molecule has 0 aliphatic rings. The molecule has 0 aliphatic heterocycles. The van der Waals surface area contributed by atoms with Crippen LogP contribution in [-0.4, -0.2) is 12.1 Å². The number of ether oxygens (including phenoxy) is 3. The van der Waals surface area contributed by atoms with Crippen LogP contribution in [0.2, 0.25) is 0 Å². The van der Waals surface area contributed by atoms with Crippen LogP contribution in [0.3, 0.4) is 0 Å². The highest BCUT2D eigenvalue weighted by molar-refractivity contribution is 5.73. The zero-order valence-corrected chi connectivity index (χ0v) is 18.0. The van der Waals surface area contributed by atoms with E-state index in [4.69, 9.17) is 14.2 Å². The van der Waals surface area contributed by atoms with Crippen LogP contribution in [0.25, 0.3) is 17.2 Å². The molecule has 0 atom stereocenters. The van der Waals surface area contributed by atoms with Gasteiger partial charge in [0, 0.05) is 11.6 Å². The number of pyridine rings is 1. The molecule has 0 fully saturated rings. The van der Waals surface area contributed by atoms with Crippen molar-refractivity contribution in [2.75, 3.05) is 7.11 Å². The molecular weight excluding hydrogens is 398 g/mol. The lowest BCUT2D eigenvalue weighted by Crippen LogP contribution is -2.02. The average molecular weight is 424 g/mol. The van der Waals surface area contributed by atoms with E-state index in [-0.39, 0.29) is 0 Å². The molecule has 1 heterocycles. The third kappa shape index (κ3) is 5.35.